The number of nitrogens with zero attached hydrogens (tertiary/aromatic N) is 2. The standard InChI is InChI=1S/C51H32N2O2/c1-3-13-39(14-4-1)51(40-15-5-2-6-16-40)43-18-8-7-17-41(43)42-28-27-35(32-44(42)51)33-23-25-34(26-24-33)36-29-37(49-52-45-19-9-11-21-47(45)54-49)31-38(30-36)50-53-46-20-10-12-22-48(46)55-50/h1-32H. The molecule has 55 heavy (non-hydrogen) atoms. The van der Waals surface area contributed by atoms with Crippen LogP contribution in [0.2, 0.25) is 0 Å². The zero-order valence-corrected chi connectivity index (χ0v) is 29.7. The van der Waals surface area contributed by atoms with Crippen molar-refractivity contribution in [2.45, 2.75) is 5.41 Å². The fourth-order valence-electron chi connectivity index (χ4n) is 8.51. The van der Waals surface area contributed by atoms with Crippen molar-refractivity contribution in [3.63, 3.8) is 0 Å². The molecule has 11 rings (SSSR count). The minimum atomic E-state index is -0.448. The molecule has 0 spiro atoms. The van der Waals surface area contributed by atoms with Crippen LogP contribution in [0.15, 0.2) is 203 Å². The molecule has 0 amide bonds. The number of aromatic nitrogens is 2. The maximum absolute atomic E-state index is 6.25. The van der Waals surface area contributed by atoms with Gasteiger partial charge >= 0.3 is 0 Å². The fraction of sp³-hybridized carbons (Fsp3) is 0.0196. The largest absolute Gasteiger partial charge is 0.436 e. The molecule has 0 N–H and O–H groups in total. The molecule has 0 saturated heterocycles. The van der Waals surface area contributed by atoms with Gasteiger partial charge in [-0.2, -0.15) is 0 Å². The van der Waals surface area contributed by atoms with Crippen molar-refractivity contribution < 1.29 is 8.83 Å². The van der Waals surface area contributed by atoms with Gasteiger partial charge in [0.15, 0.2) is 11.2 Å². The molecule has 8 aromatic carbocycles. The summed E-state index contributed by atoms with van der Waals surface area (Å²) < 4.78 is 12.5. The first kappa shape index (κ1) is 31.2. The Morgan fingerprint density at radius 3 is 1.36 bits per heavy atom. The van der Waals surface area contributed by atoms with E-state index in [0.29, 0.717) is 11.8 Å². The van der Waals surface area contributed by atoms with E-state index in [2.05, 4.69) is 140 Å². The molecule has 1 aliphatic carbocycles. The summed E-state index contributed by atoms with van der Waals surface area (Å²) in [6, 6.07) is 68.5. The van der Waals surface area contributed by atoms with E-state index in [1.807, 2.05) is 54.6 Å². The molecule has 0 atom stereocenters. The Bertz CT molecular complexity index is 2830. The highest BCUT2D eigenvalue weighted by atomic mass is 16.4. The summed E-state index contributed by atoms with van der Waals surface area (Å²) in [5, 5.41) is 0. The quantitative estimate of drug-likeness (QED) is 0.173. The van der Waals surface area contributed by atoms with Gasteiger partial charge in [-0.25, -0.2) is 9.97 Å². The van der Waals surface area contributed by atoms with E-state index in [0.717, 1.165) is 50.0 Å². The molecular weight excluding hydrogens is 673 g/mol. The van der Waals surface area contributed by atoms with Crippen LogP contribution in [0.1, 0.15) is 22.3 Å². The van der Waals surface area contributed by atoms with Crippen molar-refractivity contribution in [2.24, 2.45) is 0 Å². The third kappa shape index (κ3) is 4.99. The van der Waals surface area contributed by atoms with Gasteiger partial charge < -0.3 is 8.83 Å². The normalized spacial score (nSPS) is 12.9. The number of hydrogen-bond acceptors (Lipinski definition) is 4. The Kier molecular flexibility index (Phi) is 7.04. The van der Waals surface area contributed by atoms with E-state index >= 15 is 0 Å². The summed E-state index contributed by atoms with van der Waals surface area (Å²) in [6.45, 7) is 0. The van der Waals surface area contributed by atoms with Crippen molar-refractivity contribution in [1.29, 1.82) is 0 Å². The summed E-state index contributed by atoms with van der Waals surface area (Å²) in [5.74, 6) is 1.10. The second kappa shape index (κ2) is 12.4. The predicted octanol–water partition coefficient (Wildman–Crippen LogP) is 13.0. The number of fused-ring (bicyclic) bond motifs is 5. The highest BCUT2D eigenvalue weighted by Gasteiger charge is 2.46. The van der Waals surface area contributed by atoms with Crippen LogP contribution in [0.3, 0.4) is 0 Å². The first-order chi connectivity index (χ1) is 27.2. The third-order valence-electron chi connectivity index (χ3n) is 11.0. The topological polar surface area (TPSA) is 52.1 Å². The Morgan fingerprint density at radius 2 is 0.782 bits per heavy atom. The highest BCUT2D eigenvalue weighted by molar-refractivity contribution is 5.89. The van der Waals surface area contributed by atoms with E-state index in [4.69, 9.17) is 18.8 Å². The molecule has 2 heterocycles. The molecule has 0 radical (unpaired) electrons. The Morgan fingerprint density at radius 1 is 0.327 bits per heavy atom. The van der Waals surface area contributed by atoms with Crippen molar-refractivity contribution in [1.82, 2.24) is 9.97 Å². The Hall–Kier alpha value is -7.30. The van der Waals surface area contributed by atoms with Crippen molar-refractivity contribution in [3.8, 4) is 56.3 Å². The van der Waals surface area contributed by atoms with E-state index in [9.17, 15) is 0 Å². The van der Waals surface area contributed by atoms with Crippen molar-refractivity contribution >= 4 is 22.2 Å². The molecule has 0 fully saturated rings. The monoisotopic (exact) mass is 704 g/mol. The third-order valence-corrected chi connectivity index (χ3v) is 11.0. The van der Waals surface area contributed by atoms with Gasteiger partial charge in [-0.3, -0.25) is 0 Å². The SMILES string of the molecule is c1ccc(C2(c3ccccc3)c3ccccc3-c3ccc(-c4ccc(-c5cc(-c6nc7ccccc7o6)cc(-c6nc7ccccc7o6)c5)cc4)cc32)cc1. The average Bonchev–Trinajstić information content (AvgIpc) is 3.97. The minimum Gasteiger partial charge on any atom is -0.436 e. The molecule has 258 valence electrons. The van der Waals surface area contributed by atoms with Gasteiger partial charge in [0.05, 0.1) is 5.41 Å². The van der Waals surface area contributed by atoms with Crippen LogP contribution in [0.4, 0.5) is 0 Å². The second-order valence-electron chi connectivity index (χ2n) is 14.1. The van der Waals surface area contributed by atoms with Gasteiger partial charge in [-0.05, 0) is 104 Å². The number of para-hydroxylation sites is 4. The van der Waals surface area contributed by atoms with Gasteiger partial charge in [0.25, 0.3) is 0 Å². The van der Waals surface area contributed by atoms with Gasteiger partial charge in [0.1, 0.15) is 11.0 Å². The first-order valence-corrected chi connectivity index (χ1v) is 18.6. The Labute approximate surface area is 318 Å². The minimum absolute atomic E-state index is 0.448. The van der Waals surface area contributed by atoms with E-state index < -0.39 is 5.41 Å². The average molecular weight is 705 g/mol. The number of rotatable bonds is 6. The Balaban J connectivity index is 1.04. The summed E-state index contributed by atoms with van der Waals surface area (Å²) in [6.07, 6.45) is 0. The van der Waals surface area contributed by atoms with Gasteiger partial charge in [-0.1, -0.05) is 146 Å². The molecule has 0 unspecified atom stereocenters. The molecule has 10 aromatic rings. The second-order valence-corrected chi connectivity index (χ2v) is 14.1. The van der Waals surface area contributed by atoms with Crippen LogP contribution in [0.5, 0.6) is 0 Å². The maximum Gasteiger partial charge on any atom is 0.227 e. The van der Waals surface area contributed by atoms with E-state index in [1.165, 1.54) is 38.9 Å². The molecule has 2 aromatic heterocycles. The van der Waals surface area contributed by atoms with Gasteiger partial charge in [0.2, 0.25) is 11.8 Å². The van der Waals surface area contributed by atoms with Crippen LogP contribution >= 0.6 is 0 Å². The van der Waals surface area contributed by atoms with Gasteiger partial charge in [0, 0.05) is 11.1 Å². The van der Waals surface area contributed by atoms with Crippen molar-refractivity contribution in [3.05, 3.63) is 216 Å². The lowest BCUT2D eigenvalue weighted by atomic mass is 9.67. The maximum atomic E-state index is 6.25. The summed E-state index contributed by atoms with van der Waals surface area (Å²) in [5.41, 5.74) is 16.4. The zero-order chi connectivity index (χ0) is 36.3. The fourth-order valence-corrected chi connectivity index (χ4v) is 8.51. The van der Waals surface area contributed by atoms with Crippen LogP contribution in [-0.4, -0.2) is 9.97 Å². The number of oxazole rings is 2. The summed E-state index contributed by atoms with van der Waals surface area (Å²) in [7, 11) is 0. The summed E-state index contributed by atoms with van der Waals surface area (Å²) in [4.78, 5) is 9.66. The number of benzene rings is 8. The molecule has 1 aliphatic rings. The summed E-state index contributed by atoms with van der Waals surface area (Å²) >= 11 is 0. The van der Waals surface area contributed by atoms with Crippen LogP contribution < -0.4 is 0 Å². The lowest BCUT2D eigenvalue weighted by Crippen LogP contribution is -2.28. The molecule has 0 saturated carbocycles. The van der Waals surface area contributed by atoms with Crippen LogP contribution in [0.25, 0.3) is 78.5 Å². The smallest absolute Gasteiger partial charge is 0.227 e. The van der Waals surface area contributed by atoms with Crippen LogP contribution in [0, 0.1) is 0 Å². The molecule has 0 bridgehead atoms. The van der Waals surface area contributed by atoms with Crippen LogP contribution in [-0.2, 0) is 5.41 Å². The lowest BCUT2D eigenvalue weighted by Gasteiger charge is -2.34. The highest BCUT2D eigenvalue weighted by Crippen LogP contribution is 2.56. The molecular formula is C51H32N2O2. The molecule has 4 heteroatoms. The van der Waals surface area contributed by atoms with Gasteiger partial charge in [-0.15, -0.1) is 0 Å². The molecule has 0 aliphatic heterocycles. The van der Waals surface area contributed by atoms with E-state index in [1.54, 1.807) is 0 Å². The first-order valence-electron chi connectivity index (χ1n) is 18.6. The number of hydrogen-bond donors (Lipinski definition) is 0. The zero-order valence-electron chi connectivity index (χ0n) is 29.7. The van der Waals surface area contributed by atoms with E-state index in [-0.39, 0.29) is 0 Å². The molecule has 4 nitrogen and oxygen atoms in total. The predicted molar refractivity (Wildman–Crippen MR) is 221 cm³/mol. The van der Waals surface area contributed by atoms with Crippen molar-refractivity contribution in [2.75, 3.05) is 0 Å². The lowest BCUT2D eigenvalue weighted by molar-refractivity contribution is 0.617.